The van der Waals surface area contributed by atoms with Crippen LogP contribution in [0.5, 0.6) is 0 Å². The van der Waals surface area contributed by atoms with E-state index in [1.54, 1.807) is 30.3 Å². The van der Waals surface area contributed by atoms with Crippen LogP contribution in [0, 0.1) is 0 Å². The highest BCUT2D eigenvalue weighted by Gasteiger charge is 2.44. The molecule has 0 saturated carbocycles. The van der Waals surface area contributed by atoms with Crippen LogP contribution in [0.3, 0.4) is 0 Å². The van der Waals surface area contributed by atoms with Crippen molar-refractivity contribution in [2.75, 3.05) is 32.3 Å². The van der Waals surface area contributed by atoms with Gasteiger partial charge in [-0.05, 0) is 0 Å². The Bertz CT molecular complexity index is 929. The van der Waals surface area contributed by atoms with E-state index in [0.29, 0.717) is 5.56 Å². The number of aromatic nitrogens is 2. The lowest BCUT2D eigenvalue weighted by Crippen LogP contribution is -2.46. The lowest BCUT2D eigenvalue weighted by atomic mass is 10.2. The first-order valence-electron chi connectivity index (χ1n) is 8.30. The summed E-state index contributed by atoms with van der Waals surface area (Å²) in [5.41, 5.74) is -1.18. The molecule has 1 heterocycles. The number of methoxy groups -OCH3 is 2. The minimum atomic E-state index is -5.22. The van der Waals surface area contributed by atoms with E-state index in [0.717, 1.165) is 17.9 Å². The maximum atomic E-state index is 13.0. The number of ether oxygens (including phenoxy) is 2. The Morgan fingerprint density at radius 3 is 2.38 bits per heavy atom. The topological polar surface area (TPSA) is 90.7 Å². The minimum absolute atomic E-state index is 0.0379. The van der Waals surface area contributed by atoms with E-state index in [1.807, 2.05) is 0 Å². The summed E-state index contributed by atoms with van der Waals surface area (Å²) in [5, 5.41) is 0. The van der Waals surface area contributed by atoms with Crippen molar-refractivity contribution in [3.63, 3.8) is 0 Å². The van der Waals surface area contributed by atoms with Gasteiger partial charge in [0, 0.05) is 19.2 Å². The third-order valence-electron chi connectivity index (χ3n) is 3.87. The number of esters is 1. The molecule has 0 spiro atoms. The fraction of sp³-hybridized carbons (Fsp3) is 0.333. The zero-order valence-corrected chi connectivity index (χ0v) is 15.6. The molecular weight excluding hydrogens is 395 g/mol. The monoisotopic (exact) mass is 413 g/mol. The van der Waals surface area contributed by atoms with Crippen molar-refractivity contribution in [3.8, 4) is 11.4 Å². The number of carbonyl (C=O) groups is 2. The number of carbonyl (C=O) groups excluding carboxylic acids is 2. The number of rotatable bonds is 7. The van der Waals surface area contributed by atoms with Crippen molar-refractivity contribution in [1.82, 2.24) is 9.55 Å². The van der Waals surface area contributed by atoms with Gasteiger partial charge in [-0.1, -0.05) is 30.3 Å². The van der Waals surface area contributed by atoms with Gasteiger partial charge in [0.25, 0.3) is 5.56 Å². The van der Waals surface area contributed by atoms with Crippen LogP contribution in [0.2, 0.25) is 0 Å². The molecule has 0 unspecified atom stereocenters. The SMILES string of the molecule is COCCN(C(=O)C(F)(F)F)c1cnc(-c2ccccc2)n(CC(=O)OC)c1=O. The molecule has 0 aliphatic carbocycles. The minimum Gasteiger partial charge on any atom is -0.468 e. The van der Waals surface area contributed by atoms with Gasteiger partial charge >= 0.3 is 18.1 Å². The molecule has 0 bridgehead atoms. The number of hydrogen-bond acceptors (Lipinski definition) is 6. The second-order valence-electron chi connectivity index (χ2n) is 5.75. The van der Waals surface area contributed by atoms with Gasteiger partial charge < -0.3 is 9.47 Å². The van der Waals surface area contributed by atoms with Crippen LogP contribution < -0.4 is 10.5 Å². The summed E-state index contributed by atoms with van der Waals surface area (Å²) in [6.45, 7) is -1.38. The second-order valence-corrected chi connectivity index (χ2v) is 5.75. The fourth-order valence-electron chi connectivity index (χ4n) is 2.49. The molecule has 156 valence electrons. The molecule has 2 aromatic rings. The van der Waals surface area contributed by atoms with Gasteiger partial charge in [0.2, 0.25) is 0 Å². The number of nitrogens with zero attached hydrogens (tertiary/aromatic N) is 3. The standard InChI is InChI=1S/C18H18F3N3O5/c1-28-9-8-23(17(27)18(19,20)21)13-10-22-15(12-6-4-3-5-7-12)24(16(13)26)11-14(25)29-2/h3-7,10H,8-9,11H2,1-2H3. The third-order valence-corrected chi connectivity index (χ3v) is 3.87. The first-order valence-corrected chi connectivity index (χ1v) is 8.30. The molecule has 0 saturated heterocycles. The van der Waals surface area contributed by atoms with E-state index in [1.165, 1.54) is 7.11 Å². The fourth-order valence-corrected chi connectivity index (χ4v) is 2.49. The van der Waals surface area contributed by atoms with E-state index >= 15 is 0 Å². The lowest BCUT2D eigenvalue weighted by Gasteiger charge is -2.24. The summed E-state index contributed by atoms with van der Waals surface area (Å²) in [7, 11) is 2.34. The molecule has 11 heteroatoms. The summed E-state index contributed by atoms with van der Waals surface area (Å²) in [6, 6.07) is 8.26. The largest absolute Gasteiger partial charge is 0.471 e. The molecule has 0 aliphatic rings. The van der Waals surface area contributed by atoms with Crippen molar-refractivity contribution < 1.29 is 32.2 Å². The Balaban J connectivity index is 2.65. The highest BCUT2D eigenvalue weighted by atomic mass is 19.4. The molecule has 1 aromatic carbocycles. The van der Waals surface area contributed by atoms with Crippen molar-refractivity contribution in [2.24, 2.45) is 0 Å². The van der Waals surface area contributed by atoms with Crippen LogP contribution in [-0.2, 0) is 25.6 Å². The van der Waals surface area contributed by atoms with Gasteiger partial charge in [0.15, 0.2) is 0 Å². The van der Waals surface area contributed by atoms with E-state index in [2.05, 4.69) is 9.72 Å². The molecule has 1 amide bonds. The number of amides is 1. The van der Waals surface area contributed by atoms with Crippen molar-refractivity contribution >= 4 is 17.6 Å². The Hall–Kier alpha value is -3.21. The summed E-state index contributed by atoms with van der Waals surface area (Å²) in [5.74, 6) is -3.02. The lowest BCUT2D eigenvalue weighted by molar-refractivity contribution is -0.170. The molecule has 8 nitrogen and oxygen atoms in total. The Kier molecular flexibility index (Phi) is 7.10. The van der Waals surface area contributed by atoms with Crippen molar-refractivity contribution in [1.29, 1.82) is 0 Å². The van der Waals surface area contributed by atoms with E-state index in [4.69, 9.17) is 4.74 Å². The van der Waals surface area contributed by atoms with E-state index < -0.39 is 42.4 Å². The molecule has 1 aromatic heterocycles. The van der Waals surface area contributed by atoms with Gasteiger partial charge in [-0.3, -0.25) is 23.9 Å². The highest BCUT2D eigenvalue weighted by molar-refractivity contribution is 5.97. The normalized spacial score (nSPS) is 11.2. The van der Waals surface area contributed by atoms with Crippen LogP contribution in [-0.4, -0.2) is 55.0 Å². The summed E-state index contributed by atoms with van der Waals surface area (Å²) in [4.78, 5) is 40.9. The predicted molar refractivity (Wildman–Crippen MR) is 96.2 cm³/mol. The zero-order chi connectivity index (χ0) is 21.6. The van der Waals surface area contributed by atoms with Crippen LogP contribution in [0.4, 0.5) is 18.9 Å². The Morgan fingerprint density at radius 2 is 1.83 bits per heavy atom. The van der Waals surface area contributed by atoms with Gasteiger partial charge in [-0.15, -0.1) is 0 Å². The average Bonchev–Trinajstić information content (AvgIpc) is 2.70. The molecule has 29 heavy (non-hydrogen) atoms. The number of anilines is 1. The van der Waals surface area contributed by atoms with Crippen LogP contribution >= 0.6 is 0 Å². The quantitative estimate of drug-likeness (QED) is 0.641. The molecule has 0 atom stereocenters. The third kappa shape index (κ3) is 5.19. The number of hydrogen-bond donors (Lipinski definition) is 0. The maximum absolute atomic E-state index is 13.0. The van der Waals surface area contributed by atoms with Crippen LogP contribution in [0.1, 0.15) is 0 Å². The zero-order valence-electron chi connectivity index (χ0n) is 15.6. The molecule has 0 radical (unpaired) electrons. The summed E-state index contributed by atoms with van der Waals surface area (Å²) >= 11 is 0. The summed E-state index contributed by atoms with van der Waals surface area (Å²) < 4.78 is 49.2. The summed E-state index contributed by atoms with van der Waals surface area (Å²) in [6.07, 6.45) is -4.34. The van der Waals surface area contributed by atoms with Crippen molar-refractivity contribution in [3.05, 3.63) is 46.9 Å². The Labute approximate surface area is 163 Å². The van der Waals surface area contributed by atoms with Gasteiger partial charge in [-0.2, -0.15) is 13.2 Å². The molecule has 0 fully saturated rings. The van der Waals surface area contributed by atoms with Crippen LogP contribution in [0.15, 0.2) is 41.3 Å². The van der Waals surface area contributed by atoms with Gasteiger partial charge in [0.1, 0.15) is 18.1 Å². The van der Waals surface area contributed by atoms with Gasteiger partial charge in [-0.25, -0.2) is 4.98 Å². The first-order chi connectivity index (χ1) is 13.7. The van der Waals surface area contributed by atoms with E-state index in [-0.39, 0.29) is 17.3 Å². The van der Waals surface area contributed by atoms with Gasteiger partial charge in [0.05, 0.1) is 19.9 Å². The molecule has 2 rings (SSSR count). The Morgan fingerprint density at radius 1 is 1.17 bits per heavy atom. The molecule has 0 aliphatic heterocycles. The number of halogens is 3. The predicted octanol–water partition coefficient (Wildman–Crippen LogP) is 1.62. The molecular formula is C18H18F3N3O5. The maximum Gasteiger partial charge on any atom is 0.471 e. The van der Waals surface area contributed by atoms with E-state index in [9.17, 15) is 27.6 Å². The van der Waals surface area contributed by atoms with Crippen LogP contribution in [0.25, 0.3) is 11.4 Å². The molecule has 0 N–H and O–H groups in total. The second kappa shape index (κ2) is 9.32. The average molecular weight is 413 g/mol. The number of alkyl halides is 3. The highest BCUT2D eigenvalue weighted by Crippen LogP contribution is 2.23. The number of benzene rings is 1. The first kappa shape index (κ1) is 22.1. The smallest absolute Gasteiger partial charge is 0.468 e. The van der Waals surface area contributed by atoms with Crippen molar-refractivity contribution in [2.45, 2.75) is 12.7 Å².